The standard InChI is InChI=1S/C16H32N2O3/c1-12-11-21-14(10-19)9-18(12)15(20)6-5-13(7-8-17)16(2,3)4/h12-14,19H,5-11,17H2,1-4H3. The van der Waals surface area contributed by atoms with E-state index >= 15 is 0 Å². The van der Waals surface area contributed by atoms with Gasteiger partial charge in [0.05, 0.1) is 25.4 Å². The summed E-state index contributed by atoms with van der Waals surface area (Å²) in [7, 11) is 0. The second-order valence-corrected chi connectivity index (χ2v) is 7.21. The second-order valence-electron chi connectivity index (χ2n) is 7.21. The zero-order chi connectivity index (χ0) is 16.0. The molecule has 3 unspecified atom stereocenters. The van der Waals surface area contributed by atoms with E-state index in [0.29, 0.717) is 32.0 Å². The molecule has 3 atom stereocenters. The minimum absolute atomic E-state index is 0.0334. The maximum atomic E-state index is 12.5. The highest BCUT2D eigenvalue weighted by molar-refractivity contribution is 5.76. The number of hydrogen-bond donors (Lipinski definition) is 2. The van der Waals surface area contributed by atoms with Crippen LogP contribution in [0.3, 0.4) is 0 Å². The van der Waals surface area contributed by atoms with Crippen LogP contribution in [-0.4, -0.2) is 54.4 Å². The van der Waals surface area contributed by atoms with Gasteiger partial charge in [0.15, 0.2) is 0 Å². The summed E-state index contributed by atoms with van der Waals surface area (Å²) in [5.41, 5.74) is 5.86. The number of aliphatic hydroxyl groups is 1. The summed E-state index contributed by atoms with van der Waals surface area (Å²) in [4.78, 5) is 14.3. The second kappa shape index (κ2) is 8.11. The minimum atomic E-state index is -0.243. The minimum Gasteiger partial charge on any atom is -0.394 e. The summed E-state index contributed by atoms with van der Waals surface area (Å²) in [5, 5.41) is 9.19. The van der Waals surface area contributed by atoms with Crippen LogP contribution in [0.4, 0.5) is 0 Å². The molecule has 0 spiro atoms. The Balaban J connectivity index is 2.54. The van der Waals surface area contributed by atoms with E-state index in [1.54, 1.807) is 0 Å². The highest BCUT2D eigenvalue weighted by atomic mass is 16.5. The lowest BCUT2D eigenvalue weighted by Gasteiger charge is -2.38. The van der Waals surface area contributed by atoms with Crippen LogP contribution in [0.5, 0.6) is 0 Å². The van der Waals surface area contributed by atoms with Crippen molar-refractivity contribution in [1.29, 1.82) is 0 Å². The normalized spacial score (nSPS) is 25.0. The van der Waals surface area contributed by atoms with E-state index in [1.165, 1.54) is 0 Å². The van der Waals surface area contributed by atoms with Gasteiger partial charge in [0.2, 0.25) is 5.91 Å². The van der Waals surface area contributed by atoms with Crippen LogP contribution in [-0.2, 0) is 9.53 Å². The van der Waals surface area contributed by atoms with Crippen LogP contribution in [0.15, 0.2) is 0 Å². The lowest BCUT2D eigenvalue weighted by molar-refractivity contribution is -0.146. The number of rotatable bonds is 6. The molecule has 0 aromatic rings. The molecular formula is C16H32N2O3. The van der Waals surface area contributed by atoms with Crippen molar-refractivity contribution in [2.75, 3.05) is 26.3 Å². The molecule has 1 aliphatic heterocycles. The third kappa shape index (κ3) is 5.57. The fourth-order valence-electron chi connectivity index (χ4n) is 2.93. The number of carbonyl (C=O) groups excluding carboxylic acids is 1. The summed E-state index contributed by atoms with van der Waals surface area (Å²) < 4.78 is 5.48. The van der Waals surface area contributed by atoms with E-state index in [2.05, 4.69) is 20.8 Å². The Kier molecular flexibility index (Phi) is 7.10. The smallest absolute Gasteiger partial charge is 0.222 e. The molecule has 5 nitrogen and oxygen atoms in total. The zero-order valence-electron chi connectivity index (χ0n) is 14.0. The molecule has 0 saturated carbocycles. The van der Waals surface area contributed by atoms with Crippen LogP contribution in [0.25, 0.3) is 0 Å². The van der Waals surface area contributed by atoms with Crippen LogP contribution in [0, 0.1) is 11.3 Å². The quantitative estimate of drug-likeness (QED) is 0.777. The Bertz CT molecular complexity index is 328. The Labute approximate surface area is 128 Å². The molecule has 124 valence electrons. The van der Waals surface area contributed by atoms with Crippen molar-refractivity contribution >= 4 is 5.91 Å². The first-order valence-corrected chi connectivity index (χ1v) is 8.01. The summed E-state index contributed by atoms with van der Waals surface area (Å²) >= 11 is 0. The molecule has 5 heteroatoms. The fourth-order valence-corrected chi connectivity index (χ4v) is 2.93. The van der Waals surface area contributed by atoms with Gasteiger partial charge in [-0.1, -0.05) is 20.8 Å². The third-order valence-corrected chi connectivity index (χ3v) is 4.48. The summed E-state index contributed by atoms with van der Waals surface area (Å²) in [6.45, 7) is 10.2. The zero-order valence-corrected chi connectivity index (χ0v) is 14.0. The number of hydrogen-bond acceptors (Lipinski definition) is 4. The lowest BCUT2D eigenvalue weighted by atomic mass is 9.76. The van der Waals surface area contributed by atoms with Gasteiger partial charge in [-0.2, -0.15) is 0 Å². The number of nitrogens with two attached hydrogens (primary N) is 1. The van der Waals surface area contributed by atoms with Crippen LogP contribution in [0.1, 0.15) is 47.0 Å². The largest absolute Gasteiger partial charge is 0.394 e. The first kappa shape index (κ1) is 18.4. The molecule has 1 fully saturated rings. The van der Waals surface area contributed by atoms with Crippen LogP contribution in [0.2, 0.25) is 0 Å². The number of morpholine rings is 1. The van der Waals surface area contributed by atoms with Crippen molar-refractivity contribution in [2.45, 2.75) is 59.1 Å². The van der Waals surface area contributed by atoms with Gasteiger partial charge in [0, 0.05) is 13.0 Å². The van der Waals surface area contributed by atoms with Crippen LogP contribution < -0.4 is 5.73 Å². The van der Waals surface area contributed by atoms with Gasteiger partial charge in [-0.3, -0.25) is 4.79 Å². The molecule has 0 aliphatic carbocycles. The predicted molar refractivity (Wildman–Crippen MR) is 83.9 cm³/mol. The molecule has 1 heterocycles. The van der Waals surface area contributed by atoms with Gasteiger partial charge < -0.3 is 20.5 Å². The van der Waals surface area contributed by atoms with Crippen molar-refractivity contribution in [3.8, 4) is 0 Å². The van der Waals surface area contributed by atoms with E-state index in [4.69, 9.17) is 10.5 Å². The molecular weight excluding hydrogens is 268 g/mol. The monoisotopic (exact) mass is 300 g/mol. The van der Waals surface area contributed by atoms with Gasteiger partial charge in [0.1, 0.15) is 0 Å². The first-order chi connectivity index (χ1) is 9.79. The first-order valence-electron chi connectivity index (χ1n) is 8.01. The topological polar surface area (TPSA) is 75.8 Å². The number of ether oxygens (including phenoxy) is 1. The van der Waals surface area contributed by atoms with Crippen molar-refractivity contribution < 1.29 is 14.6 Å². The summed E-state index contributed by atoms with van der Waals surface area (Å²) in [5.74, 6) is 0.618. The van der Waals surface area contributed by atoms with Gasteiger partial charge in [-0.25, -0.2) is 0 Å². The SMILES string of the molecule is CC1COC(CO)CN1C(=O)CCC(CCN)C(C)(C)C. The van der Waals surface area contributed by atoms with Crippen molar-refractivity contribution in [3.05, 3.63) is 0 Å². The third-order valence-electron chi connectivity index (χ3n) is 4.48. The van der Waals surface area contributed by atoms with E-state index in [1.807, 2.05) is 11.8 Å². The molecule has 1 aliphatic rings. The van der Waals surface area contributed by atoms with Gasteiger partial charge in [-0.05, 0) is 37.6 Å². The van der Waals surface area contributed by atoms with E-state index in [9.17, 15) is 9.90 Å². The number of carbonyl (C=O) groups is 1. The number of amides is 1. The average molecular weight is 300 g/mol. The highest BCUT2D eigenvalue weighted by Crippen LogP contribution is 2.32. The molecule has 0 radical (unpaired) electrons. The van der Waals surface area contributed by atoms with Crippen molar-refractivity contribution in [1.82, 2.24) is 4.90 Å². The summed E-state index contributed by atoms with van der Waals surface area (Å²) in [6, 6.07) is 0.0860. The van der Waals surface area contributed by atoms with E-state index in [0.717, 1.165) is 12.8 Å². The van der Waals surface area contributed by atoms with Gasteiger partial charge in [-0.15, -0.1) is 0 Å². The van der Waals surface area contributed by atoms with Crippen molar-refractivity contribution in [3.63, 3.8) is 0 Å². The molecule has 1 rings (SSSR count). The fraction of sp³-hybridized carbons (Fsp3) is 0.938. The molecule has 1 amide bonds. The molecule has 3 N–H and O–H groups in total. The maximum Gasteiger partial charge on any atom is 0.222 e. The lowest BCUT2D eigenvalue weighted by Crippen LogP contribution is -2.52. The molecule has 0 aromatic carbocycles. The maximum absolute atomic E-state index is 12.5. The average Bonchev–Trinajstić information content (AvgIpc) is 2.42. The molecule has 0 bridgehead atoms. The van der Waals surface area contributed by atoms with Gasteiger partial charge in [0.25, 0.3) is 0 Å². The van der Waals surface area contributed by atoms with Crippen LogP contribution >= 0.6 is 0 Å². The van der Waals surface area contributed by atoms with Gasteiger partial charge >= 0.3 is 0 Å². The van der Waals surface area contributed by atoms with E-state index in [-0.39, 0.29) is 30.1 Å². The number of nitrogens with zero attached hydrogens (tertiary/aromatic N) is 1. The summed E-state index contributed by atoms with van der Waals surface area (Å²) in [6.07, 6.45) is 2.12. The number of aliphatic hydroxyl groups excluding tert-OH is 1. The Morgan fingerprint density at radius 3 is 2.62 bits per heavy atom. The Hall–Kier alpha value is -0.650. The molecule has 21 heavy (non-hydrogen) atoms. The molecule has 1 saturated heterocycles. The van der Waals surface area contributed by atoms with Crippen molar-refractivity contribution in [2.24, 2.45) is 17.1 Å². The Morgan fingerprint density at radius 2 is 2.10 bits per heavy atom. The Morgan fingerprint density at radius 1 is 1.43 bits per heavy atom. The van der Waals surface area contributed by atoms with E-state index < -0.39 is 0 Å². The highest BCUT2D eigenvalue weighted by Gasteiger charge is 2.30. The molecule has 0 aromatic heterocycles. The predicted octanol–water partition coefficient (Wildman–Crippen LogP) is 1.39.